The first-order valence-corrected chi connectivity index (χ1v) is 3.43. The van der Waals surface area contributed by atoms with E-state index in [1.54, 1.807) is 0 Å². The topological polar surface area (TPSA) is 102 Å². The van der Waals surface area contributed by atoms with Crippen LogP contribution in [0.5, 0.6) is 0 Å². The van der Waals surface area contributed by atoms with Gasteiger partial charge in [-0.3, -0.25) is 4.79 Å². The van der Waals surface area contributed by atoms with Gasteiger partial charge in [0.25, 0.3) is 0 Å². The summed E-state index contributed by atoms with van der Waals surface area (Å²) in [6.07, 6.45) is 1.90. The maximum absolute atomic E-state index is 10.3. The summed E-state index contributed by atoms with van der Waals surface area (Å²) in [7, 11) is 0. The molecule has 1 rings (SSSR count). The lowest BCUT2D eigenvalue weighted by atomic mass is 10.2. The number of nitrogens with two attached hydrogens (primary N) is 1. The molecule has 1 heterocycles. The highest BCUT2D eigenvalue weighted by Crippen LogP contribution is 1.99. The highest BCUT2D eigenvalue weighted by Gasteiger charge is 2.12. The molecular formula is C6H9N3O3. The van der Waals surface area contributed by atoms with Gasteiger partial charge in [0.1, 0.15) is 6.04 Å². The van der Waals surface area contributed by atoms with Gasteiger partial charge in [-0.1, -0.05) is 0 Å². The third-order valence-corrected chi connectivity index (χ3v) is 1.39. The van der Waals surface area contributed by atoms with Crippen molar-refractivity contribution in [1.82, 2.24) is 10.2 Å². The number of carboxylic acid groups (broad SMARTS) is 1. The Morgan fingerprint density at radius 3 is 3.08 bits per heavy atom. The number of hydrogen-bond acceptors (Lipinski definition) is 5. The van der Waals surface area contributed by atoms with Gasteiger partial charge in [-0.05, 0) is 6.42 Å². The molecule has 0 radical (unpaired) electrons. The van der Waals surface area contributed by atoms with E-state index in [0.29, 0.717) is 18.7 Å². The van der Waals surface area contributed by atoms with Crippen molar-refractivity contribution < 1.29 is 14.3 Å². The van der Waals surface area contributed by atoms with Crippen LogP contribution in [0.1, 0.15) is 12.3 Å². The monoisotopic (exact) mass is 171 g/mol. The molecule has 12 heavy (non-hydrogen) atoms. The zero-order valence-corrected chi connectivity index (χ0v) is 6.30. The van der Waals surface area contributed by atoms with Crippen LogP contribution in [0.25, 0.3) is 0 Å². The van der Waals surface area contributed by atoms with Crippen LogP contribution in [0.3, 0.4) is 0 Å². The molecule has 0 aromatic carbocycles. The Morgan fingerprint density at radius 2 is 2.58 bits per heavy atom. The Labute approximate surface area is 68.4 Å². The van der Waals surface area contributed by atoms with Crippen LogP contribution < -0.4 is 5.73 Å². The van der Waals surface area contributed by atoms with Gasteiger partial charge in [-0.2, -0.15) is 0 Å². The second-order valence-corrected chi connectivity index (χ2v) is 2.32. The Balaban J connectivity index is 2.31. The van der Waals surface area contributed by atoms with E-state index in [1.807, 2.05) is 0 Å². The number of hydrogen-bond donors (Lipinski definition) is 2. The lowest BCUT2D eigenvalue weighted by Gasteiger charge is -2.01. The first-order chi connectivity index (χ1) is 5.70. The fraction of sp³-hybridized carbons (Fsp3) is 0.500. The minimum atomic E-state index is -1.02. The fourth-order valence-electron chi connectivity index (χ4n) is 0.707. The normalized spacial score (nSPS) is 12.8. The third-order valence-electron chi connectivity index (χ3n) is 1.39. The van der Waals surface area contributed by atoms with Gasteiger partial charge in [0.15, 0.2) is 0 Å². The lowest BCUT2D eigenvalue weighted by molar-refractivity contribution is -0.138. The van der Waals surface area contributed by atoms with Gasteiger partial charge >= 0.3 is 5.97 Å². The van der Waals surface area contributed by atoms with Crippen LogP contribution in [-0.2, 0) is 11.2 Å². The van der Waals surface area contributed by atoms with Crippen LogP contribution in [0.2, 0.25) is 0 Å². The number of aromatic nitrogens is 2. The molecule has 0 saturated carbocycles. The Kier molecular flexibility index (Phi) is 2.76. The SMILES string of the molecule is N[C@@H](CCc1nnco1)C(=O)O. The molecule has 0 aliphatic heterocycles. The molecule has 0 fully saturated rings. The molecule has 0 amide bonds. The molecule has 3 N–H and O–H groups in total. The smallest absolute Gasteiger partial charge is 0.320 e. The van der Waals surface area contributed by atoms with Crippen LogP contribution in [0.4, 0.5) is 0 Å². The summed E-state index contributed by atoms with van der Waals surface area (Å²) in [4.78, 5) is 10.3. The number of carboxylic acids is 1. The minimum Gasteiger partial charge on any atom is -0.480 e. The standard InChI is InChI=1S/C6H9N3O3/c7-4(6(10)11)1-2-5-9-8-3-12-5/h3-4H,1-2,7H2,(H,10,11)/t4-/m0/s1. The minimum absolute atomic E-state index is 0.303. The summed E-state index contributed by atoms with van der Waals surface area (Å²) in [6.45, 7) is 0. The van der Waals surface area contributed by atoms with Gasteiger partial charge in [0.2, 0.25) is 12.3 Å². The summed E-state index contributed by atoms with van der Waals surface area (Å²) < 4.78 is 4.79. The Morgan fingerprint density at radius 1 is 1.83 bits per heavy atom. The fourth-order valence-corrected chi connectivity index (χ4v) is 0.707. The summed E-state index contributed by atoms with van der Waals surface area (Å²) in [5.74, 6) is -0.610. The molecule has 6 nitrogen and oxygen atoms in total. The molecule has 66 valence electrons. The van der Waals surface area contributed by atoms with Crippen LogP contribution in [0, 0.1) is 0 Å². The van der Waals surface area contributed by atoms with Gasteiger partial charge in [0, 0.05) is 6.42 Å². The number of aliphatic carboxylic acids is 1. The van der Waals surface area contributed by atoms with E-state index in [4.69, 9.17) is 15.3 Å². The third kappa shape index (κ3) is 2.31. The first-order valence-electron chi connectivity index (χ1n) is 3.43. The van der Waals surface area contributed by atoms with Crippen molar-refractivity contribution in [2.45, 2.75) is 18.9 Å². The zero-order valence-electron chi connectivity index (χ0n) is 6.30. The van der Waals surface area contributed by atoms with Gasteiger partial charge in [0.05, 0.1) is 0 Å². The summed E-state index contributed by atoms with van der Waals surface area (Å²) in [6, 6.07) is -0.864. The molecule has 1 aromatic rings. The van der Waals surface area contributed by atoms with Gasteiger partial charge in [-0.25, -0.2) is 0 Å². The van der Waals surface area contributed by atoms with Crippen molar-refractivity contribution in [1.29, 1.82) is 0 Å². The Bertz CT molecular complexity index is 247. The van der Waals surface area contributed by atoms with Crippen LogP contribution >= 0.6 is 0 Å². The quantitative estimate of drug-likeness (QED) is 0.627. The Hall–Kier alpha value is -1.43. The summed E-state index contributed by atoms with van der Waals surface area (Å²) >= 11 is 0. The number of rotatable bonds is 4. The van der Waals surface area contributed by atoms with Crippen molar-refractivity contribution >= 4 is 5.97 Å². The summed E-state index contributed by atoms with van der Waals surface area (Å²) in [5, 5.41) is 15.4. The largest absolute Gasteiger partial charge is 0.480 e. The van der Waals surface area contributed by atoms with Crippen molar-refractivity contribution in [3.63, 3.8) is 0 Å². The van der Waals surface area contributed by atoms with Crippen LogP contribution in [0.15, 0.2) is 10.8 Å². The van der Waals surface area contributed by atoms with Crippen molar-refractivity contribution in [2.75, 3.05) is 0 Å². The highest BCUT2D eigenvalue weighted by molar-refractivity contribution is 5.72. The molecule has 1 aromatic heterocycles. The summed E-state index contributed by atoms with van der Waals surface area (Å²) in [5.41, 5.74) is 5.24. The molecule has 0 spiro atoms. The number of carbonyl (C=O) groups is 1. The molecule has 6 heteroatoms. The molecule has 0 aliphatic carbocycles. The van der Waals surface area contributed by atoms with E-state index in [-0.39, 0.29) is 0 Å². The lowest BCUT2D eigenvalue weighted by Crippen LogP contribution is -2.30. The predicted octanol–water partition coefficient (Wildman–Crippen LogP) is -0.586. The molecule has 0 aliphatic rings. The van der Waals surface area contributed by atoms with Gasteiger partial charge in [-0.15, -0.1) is 10.2 Å². The van der Waals surface area contributed by atoms with E-state index in [9.17, 15) is 4.79 Å². The molecule has 0 saturated heterocycles. The zero-order chi connectivity index (χ0) is 8.97. The number of nitrogens with zero attached hydrogens (tertiary/aromatic N) is 2. The molecule has 0 unspecified atom stereocenters. The van der Waals surface area contributed by atoms with Crippen molar-refractivity contribution in [3.05, 3.63) is 12.3 Å². The highest BCUT2D eigenvalue weighted by atomic mass is 16.4. The van der Waals surface area contributed by atoms with Crippen molar-refractivity contribution in [3.8, 4) is 0 Å². The maximum atomic E-state index is 10.3. The van der Waals surface area contributed by atoms with E-state index in [2.05, 4.69) is 10.2 Å². The van der Waals surface area contributed by atoms with Crippen molar-refractivity contribution in [2.24, 2.45) is 5.73 Å². The number of aryl methyl sites for hydroxylation is 1. The average molecular weight is 171 g/mol. The first kappa shape index (κ1) is 8.66. The average Bonchev–Trinajstić information content (AvgIpc) is 2.51. The molecular weight excluding hydrogens is 162 g/mol. The van der Waals surface area contributed by atoms with Crippen LogP contribution in [-0.4, -0.2) is 27.3 Å². The predicted molar refractivity (Wildman–Crippen MR) is 38.2 cm³/mol. The second-order valence-electron chi connectivity index (χ2n) is 2.32. The van der Waals surface area contributed by atoms with E-state index < -0.39 is 12.0 Å². The van der Waals surface area contributed by atoms with E-state index in [0.717, 1.165) is 0 Å². The van der Waals surface area contributed by atoms with E-state index >= 15 is 0 Å². The second kappa shape index (κ2) is 3.82. The van der Waals surface area contributed by atoms with E-state index in [1.165, 1.54) is 6.39 Å². The maximum Gasteiger partial charge on any atom is 0.320 e. The molecule has 1 atom stereocenters. The van der Waals surface area contributed by atoms with Gasteiger partial charge < -0.3 is 15.3 Å². The molecule has 0 bridgehead atoms.